The van der Waals surface area contributed by atoms with Gasteiger partial charge < -0.3 is 10.6 Å². The van der Waals surface area contributed by atoms with E-state index in [1.807, 2.05) is 62.4 Å². The monoisotopic (exact) mass is 443 g/mol. The molecule has 2 amide bonds. The lowest BCUT2D eigenvalue weighted by atomic mass is 9.98. The maximum Gasteiger partial charge on any atom is 0.266 e. The number of primary amides is 1. The van der Waals surface area contributed by atoms with E-state index in [0.29, 0.717) is 11.7 Å². The van der Waals surface area contributed by atoms with Crippen LogP contribution in [0.5, 0.6) is 0 Å². The van der Waals surface area contributed by atoms with Gasteiger partial charge in [-0.1, -0.05) is 83.6 Å². The third-order valence-electron chi connectivity index (χ3n) is 5.36. The standard InChI is InChI=1S/C26H25N3O2S/c1-17-9-12-21(13-10-17)29(16-19-6-4-3-5-7-19)26-28-25(31)24(32-26)22-14-18(2)8-11-20(22)15-23(27)30/h3-14,24H,15-16H2,1-2H3,(H2,27,30). The van der Waals surface area contributed by atoms with Crippen molar-refractivity contribution in [2.45, 2.75) is 32.1 Å². The summed E-state index contributed by atoms with van der Waals surface area (Å²) in [6, 6.07) is 24.1. The largest absolute Gasteiger partial charge is 0.369 e. The highest BCUT2D eigenvalue weighted by atomic mass is 32.2. The van der Waals surface area contributed by atoms with Gasteiger partial charge >= 0.3 is 0 Å². The fourth-order valence-electron chi connectivity index (χ4n) is 3.72. The number of nitrogens with two attached hydrogens (primary N) is 1. The fourth-order valence-corrected chi connectivity index (χ4v) is 4.87. The molecule has 1 heterocycles. The number of nitrogens with zero attached hydrogens (tertiary/aromatic N) is 2. The summed E-state index contributed by atoms with van der Waals surface area (Å²) in [7, 11) is 0. The molecule has 6 heteroatoms. The topological polar surface area (TPSA) is 75.8 Å². The van der Waals surface area contributed by atoms with Crippen LogP contribution in [0.25, 0.3) is 0 Å². The molecule has 162 valence electrons. The number of carbonyl (C=O) groups is 2. The van der Waals surface area contributed by atoms with Gasteiger partial charge in [-0.25, -0.2) is 0 Å². The van der Waals surface area contributed by atoms with Gasteiger partial charge in [0.1, 0.15) is 5.25 Å². The van der Waals surface area contributed by atoms with Gasteiger partial charge in [0.15, 0.2) is 5.17 Å². The number of aryl methyl sites for hydroxylation is 2. The number of aliphatic imine (C=N–C) groups is 1. The molecule has 1 aliphatic rings. The highest BCUT2D eigenvalue weighted by molar-refractivity contribution is 8.15. The fraction of sp³-hybridized carbons (Fsp3) is 0.192. The molecule has 1 unspecified atom stereocenters. The van der Waals surface area contributed by atoms with Crippen molar-refractivity contribution < 1.29 is 9.59 Å². The summed E-state index contributed by atoms with van der Waals surface area (Å²) in [6.45, 7) is 4.61. The average molecular weight is 444 g/mol. The van der Waals surface area contributed by atoms with E-state index in [2.05, 4.69) is 34.2 Å². The van der Waals surface area contributed by atoms with Crippen molar-refractivity contribution in [3.63, 3.8) is 0 Å². The van der Waals surface area contributed by atoms with Gasteiger partial charge in [0, 0.05) is 5.69 Å². The lowest BCUT2D eigenvalue weighted by Gasteiger charge is -2.25. The summed E-state index contributed by atoms with van der Waals surface area (Å²) in [5, 5.41) is 0.155. The van der Waals surface area contributed by atoms with Gasteiger partial charge in [0.05, 0.1) is 13.0 Å². The second kappa shape index (κ2) is 9.40. The predicted octanol–water partition coefficient (Wildman–Crippen LogP) is 4.71. The minimum Gasteiger partial charge on any atom is -0.369 e. The third kappa shape index (κ3) is 4.92. The number of hydrogen-bond acceptors (Lipinski definition) is 4. The summed E-state index contributed by atoms with van der Waals surface area (Å²) in [4.78, 5) is 31.1. The molecule has 1 atom stereocenters. The van der Waals surface area contributed by atoms with Gasteiger partial charge in [-0.05, 0) is 42.7 Å². The van der Waals surface area contributed by atoms with Crippen LogP contribution in [-0.2, 0) is 22.6 Å². The zero-order valence-electron chi connectivity index (χ0n) is 18.1. The van der Waals surface area contributed by atoms with Crippen LogP contribution in [0.3, 0.4) is 0 Å². The van der Waals surface area contributed by atoms with Crippen LogP contribution in [0.1, 0.15) is 33.1 Å². The van der Waals surface area contributed by atoms with Crippen LogP contribution in [0.2, 0.25) is 0 Å². The van der Waals surface area contributed by atoms with Crippen LogP contribution in [-0.4, -0.2) is 17.0 Å². The Morgan fingerprint density at radius 1 is 1.00 bits per heavy atom. The van der Waals surface area contributed by atoms with Gasteiger partial charge in [0.25, 0.3) is 5.91 Å². The van der Waals surface area contributed by atoms with Gasteiger partial charge in [-0.2, -0.15) is 4.99 Å². The van der Waals surface area contributed by atoms with E-state index in [-0.39, 0.29) is 12.3 Å². The zero-order chi connectivity index (χ0) is 22.7. The highest BCUT2D eigenvalue weighted by Crippen LogP contribution is 2.41. The summed E-state index contributed by atoms with van der Waals surface area (Å²) >= 11 is 1.42. The lowest BCUT2D eigenvalue weighted by Crippen LogP contribution is -2.27. The Kier molecular flexibility index (Phi) is 6.42. The lowest BCUT2D eigenvalue weighted by molar-refractivity contribution is -0.118. The Hall–Kier alpha value is -3.38. The highest BCUT2D eigenvalue weighted by Gasteiger charge is 2.34. The smallest absolute Gasteiger partial charge is 0.266 e. The zero-order valence-corrected chi connectivity index (χ0v) is 18.9. The quantitative estimate of drug-likeness (QED) is 0.599. The summed E-state index contributed by atoms with van der Waals surface area (Å²) in [5.41, 5.74) is 11.3. The summed E-state index contributed by atoms with van der Waals surface area (Å²) in [6.07, 6.45) is 0.0982. The van der Waals surface area contributed by atoms with Crippen molar-refractivity contribution in [3.8, 4) is 0 Å². The average Bonchev–Trinajstić information content (AvgIpc) is 3.15. The second-order valence-electron chi connectivity index (χ2n) is 7.98. The Morgan fingerprint density at radius 2 is 1.69 bits per heavy atom. The number of amidine groups is 1. The van der Waals surface area contributed by atoms with E-state index in [9.17, 15) is 9.59 Å². The number of carbonyl (C=O) groups excluding carboxylic acids is 2. The number of rotatable bonds is 6. The van der Waals surface area contributed by atoms with Crippen molar-refractivity contribution in [2.24, 2.45) is 10.7 Å². The molecule has 0 bridgehead atoms. The van der Waals surface area contributed by atoms with Gasteiger partial charge in [-0.15, -0.1) is 0 Å². The van der Waals surface area contributed by atoms with Crippen LogP contribution in [0, 0.1) is 13.8 Å². The third-order valence-corrected chi connectivity index (χ3v) is 6.58. The maximum atomic E-state index is 13.0. The number of hydrogen-bond donors (Lipinski definition) is 1. The molecular formula is C26H25N3O2S. The van der Waals surface area contributed by atoms with Crippen LogP contribution in [0.4, 0.5) is 5.69 Å². The van der Waals surface area contributed by atoms with E-state index in [4.69, 9.17) is 5.73 Å². The Bertz CT molecular complexity index is 1170. The van der Waals surface area contributed by atoms with Crippen molar-refractivity contribution >= 4 is 34.4 Å². The van der Waals surface area contributed by atoms with Crippen molar-refractivity contribution in [1.82, 2.24) is 0 Å². The van der Waals surface area contributed by atoms with Crippen molar-refractivity contribution in [1.29, 1.82) is 0 Å². The van der Waals surface area contributed by atoms with Crippen molar-refractivity contribution in [3.05, 3.63) is 101 Å². The molecule has 0 fully saturated rings. The molecule has 3 aromatic rings. The number of benzene rings is 3. The Balaban J connectivity index is 1.68. The Labute approximate surface area is 192 Å². The van der Waals surface area contributed by atoms with E-state index in [1.54, 1.807) is 0 Å². The first-order chi connectivity index (χ1) is 15.4. The van der Waals surface area contributed by atoms with Crippen molar-refractivity contribution in [2.75, 3.05) is 4.90 Å². The number of thioether (sulfide) groups is 1. The van der Waals surface area contributed by atoms with Crippen LogP contribution < -0.4 is 10.6 Å². The van der Waals surface area contributed by atoms with Gasteiger partial charge in [-0.3, -0.25) is 9.59 Å². The first kappa shape index (κ1) is 21.8. The molecule has 0 radical (unpaired) electrons. The Morgan fingerprint density at radius 3 is 2.38 bits per heavy atom. The van der Waals surface area contributed by atoms with E-state index in [0.717, 1.165) is 27.9 Å². The minimum atomic E-state index is -0.497. The molecule has 32 heavy (non-hydrogen) atoms. The molecular weight excluding hydrogens is 418 g/mol. The van der Waals surface area contributed by atoms with E-state index in [1.165, 1.54) is 17.3 Å². The SMILES string of the molecule is Cc1ccc(N(Cc2ccccc2)C2=NC(=O)C(c3cc(C)ccc3CC(N)=O)S2)cc1. The molecule has 3 aromatic carbocycles. The molecule has 0 aromatic heterocycles. The number of amides is 2. The summed E-state index contributed by atoms with van der Waals surface area (Å²) < 4.78 is 0. The van der Waals surface area contributed by atoms with E-state index >= 15 is 0 Å². The molecule has 0 spiro atoms. The van der Waals surface area contributed by atoms with Crippen LogP contribution >= 0.6 is 11.8 Å². The minimum absolute atomic E-state index is 0.0982. The molecule has 0 saturated heterocycles. The van der Waals surface area contributed by atoms with Gasteiger partial charge in [0.2, 0.25) is 5.91 Å². The molecule has 1 aliphatic heterocycles. The molecule has 0 saturated carbocycles. The summed E-state index contributed by atoms with van der Waals surface area (Å²) in [5.74, 6) is -0.636. The molecule has 2 N–H and O–H groups in total. The van der Waals surface area contributed by atoms with E-state index < -0.39 is 11.2 Å². The normalized spacial score (nSPS) is 15.5. The first-order valence-electron chi connectivity index (χ1n) is 10.5. The molecule has 0 aliphatic carbocycles. The maximum absolute atomic E-state index is 13.0. The first-order valence-corrected chi connectivity index (χ1v) is 11.3. The van der Waals surface area contributed by atoms with Crippen LogP contribution in [0.15, 0.2) is 77.8 Å². The molecule has 4 rings (SSSR count). The predicted molar refractivity (Wildman–Crippen MR) is 131 cm³/mol. The number of anilines is 1. The second-order valence-corrected chi connectivity index (χ2v) is 9.06. The molecule has 5 nitrogen and oxygen atoms in total.